The fourth-order valence-corrected chi connectivity index (χ4v) is 4.16. The molecule has 0 aliphatic carbocycles. The number of nitrogens with zero attached hydrogens (tertiary/aromatic N) is 3. The zero-order chi connectivity index (χ0) is 13.9. The molecule has 2 heterocycles. The summed E-state index contributed by atoms with van der Waals surface area (Å²) in [6.07, 6.45) is 2.95. The fraction of sp³-hybridized carbons (Fsp3) is 0.545. The maximum Gasteiger partial charge on any atom is 0.244 e. The molecule has 0 atom stereocenters. The predicted molar refractivity (Wildman–Crippen MR) is 77.9 cm³/mol. The van der Waals surface area contributed by atoms with Crippen LogP contribution in [0.1, 0.15) is 0 Å². The maximum absolute atomic E-state index is 12.4. The predicted octanol–water partition coefficient (Wildman–Crippen LogP) is 1.39. The lowest BCUT2D eigenvalue weighted by Gasteiger charge is -2.33. The quantitative estimate of drug-likeness (QED) is 0.754. The third-order valence-electron chi connectivity index (χ3n) is 3.05. The van der Waals surface area contributed by atoms with E-state index in [1.54, 1.807) is 12.3 Å². The minimum Gasteiger partial charge on any atom is -0.300 e. The van der Waals surface area contributed by atoms with Gasteiger partial charge in [-0.25, -0.2) is 8.42 Å². The first-order chi connectivity index (χ1) is 9.04. The van der Waals surface area contributed by atoms with E-state index in [0.29, 0.717) is 36.5 Å². The number of halogens is 2. The first kappa shape index (κ1) is 15.2. The summed E-state index contributed by atoms with van der Waals surface area (Å²) in [5.41, 5.74) is 0. The smallest absolute Gasteiger partial charge is 0.244 e. The van der Waals surface area contributed by atoms with Crippen LogP contribution in [0.5, 0.6) is 0 Å². The molecule has 0 N–H and O–H groups in total. The third-order valence-corrected chi connectivity index (χ3v) is 5.52. The van der Waals surface area contributed by atoms with Crippen LogP contribution in [0.15, 0.2) is 27.8 Å². The number of piperazine rings is 1. The van der Waals surface area contributed by atoms with Crippen LogP contribution in [0.3, 0.4) is 0 Å². The highest BCUT2D eigenvalue weighted by molar-refractivity contribution is 9.10. The van der Waals surface area contributed by atoms with E-state index in [2.05, 4.69) is 25.8 Å². The number of alkyl halides is 1. The largest absolute Gasteiger partial charge is 0.300 e. The van der Waals surface area contributed by atoms with E-state index < -0.39 is 10.0 Å². The number of rotatable bonds is 4. The monoisotopic (exact) mass is 367 g/mol. The molecule has 1 saturated heterocycles. The summed E-state index contributed by atoms with van der Waals surface area (Å²) in [4.78, 5) is 6.30. The van der Waals surface area contributed by atoms with Gasteiger partial charge in [-0.3, -0.25) is 9.88 Å². The SMILES string of the molecule is O=S(=O)(c1cncc(Br)c1)N1CCN(CCCl)CC1. The first-order valence-electron chi connectivity index (χ1n) is 5.93. The van der Waals surface area contributed by atoms with Crippen molar-refractivity contribution in [2.45, 2.75) is 4.90 Å². The zero-order valence-electron chi connectivity index (χ0n) is 10.3. The Bertz CT molecular complexity index is 532. The van der Waals surface area contributed by atoms with Gasteiger partial charge in [-0.05, 0) is 22.0 Å². The Morgan fingerprint density at radius 1 is 1.26 bits per heavy atom. The van der Waals surface area contributed by atoms with Gasteiger partial charge in [-0.2, -0.15) is 4.31 Å². The Hall–Kier alpha value is -0.210. The van der Waals surface area contributed by atoms with Crippen molar-refractivity contribution in [1.82, 2.24) is 14.2 Å². The highest BCUT2D eigenvalue weighted by atomic mass is 79.9. The molecule has 106 valence electrons. The van der Waals surface area contributed by atoms with E-state index in [9.17, 15) is 8.42 Å². The molecule has 8 heteroatoms. The van der Waals surface area contributed by atoms with E-state index in [-0.39, 0.29) is 4.90 Å². The van der Waals surface area contributed by atoms with Crippen molar-refractivity contribution < 1.29 is 8.42 Å². The highest BCUT2D eigenvalue weighted by Gasteiger charge is 2.28. The molecule has 0 amide bonds. The Balaban J connectivity index is 2.10. The van der Waals surface area contributed by atoms with Crippen molar-refractivity contribution in [3.05, 3.63) is 22.9 Å². The van der Waals surface area contributed by atoms with Gasteiger partial charge in [-0.15, -0.1) is 11.6 Å². The second-order valence-corrected chi connectivity index (χ2v) is 7.51. The Labute approximate surface area is 126 Å². The van der Waals surface area contributed by atoms with Crippen LogP contribution < -0.4 is 0 Å². The van der Waals surface area contributed by atoms with E-state index in [1.165, 1.54) is 10.5 Å². The number of sulfonamides is 1. The molecule has 0 aromatic carbocycles. The normalized spacial score (nSPS) is 18.6. The van der Waals surface area contributed by atoms with Gasteiger partial charge in [-0.1, -0.05) is 0 Å². The lowest BCUT2D eigenvalue weighted by atomic mass is 10.4. The molecule has 0 bridgehead atoms. The lowest BCUT2D eigenvalue weighted by Crippen LogP contribution is -2.48. The van der Waals surface area contributed by atoms with Crippen LogP contribution >= 0.6 is 27.5 Å². The molecule has 1 aromatic rings. The average molecular weight is 369 g/mol. The summed E-state index contributed by atoms with van der Waals surface area (Å²) >= 11 is 8.93. The van der Waals surface area contributed by atoms with Crippen molar-refractivity contribution in [1.29, 1.82) is 0 Å². The second-order valence-electron chi connectivity index (χ2n) is 4.27. The summed E-state index contributed by atoms with van der Waals surface area (Å²) in [5.74, 6) is 0.572. The molecule has 1 fully saturated rings. The minimum absolute atomic E-state index is 0.229. The van der Waals surface area contributed by atoms with Gasteiger partial charge >= 0.3 is 0 Å². The summed E-state index contributed by atoms with van der Waals surface area (Å²) in [6, 6.07) is 1.58. The van der Waals surface area contributed by atoms with Crippen molar-refractivity contribution in [3.63, 3.8) is 0 Å². The zero-order valence-corrected chi connectivity index (χ0v) is 13.5. The standard InChI is InChI=1S/C11H15BrClN3O2S/c12-10-7-11(9-14-8-10)19(17,18)16-5-3-15(2-1-13)4-6-16/h7-9H,1-6H2. The van der Waals surface area contributed by atoms with Gasteiger partial charge in [0.15, 0.2) is 0 Å². The van der Waals surface area contributed by atoms with Gasteiger partial charge in [0.25, 0.3) is 0 Å². The van der Waals surface area contributed by atoms with Crippen LogP contribution in [0.4, 0.5) is 0 Å². The molecular weight excluding hydrogens is 354 g/mol. The van der Waals surface area contributed by atoms with Crippen LogP contribution in [-0.2, 0) is 10.0 Å². The number of aromatic nitrogens is 1. The van der Waals surface area contributed by atoms with Crippen LogP contribution in [-0.4, -0.2) is 61.2 Å². The average Bonchev–Trinajstić information content (AvgIpc) is 2.40. The molecule has 19 heavy (non-hydrogen) atoms. The summed E-state index contributed by atoms with van der Waals surface area (Å²) in [6.45, 7) is 3.21. The summed E-state index contributed by atoms with van der Waals surface area (Å²) in [7, 11) is -3.44. The molecule has 1 aliphatic rings. The van der Waals surface area contributed by atoms with Crippen LogP contribution in [0.25, 0.3) is 0 Å². The molecule has 1 aliphatic heterocycles. The molecule has 0 saturated carbocycles. The highest BCUT2D eigenvalue weighted by Crippen LogP contribution is 2.19. The number of hydrogen-bond donors (Lipinski definition) is 0. The molecular formula is C11H15BrClN3O2S. The van der Waals surface area contributed by atoms with Crippen molar-refractivity contribution in [3.8, 4) is 0 Å². The van der Waals surface area contributed by atoms with Gasteiger partial charge in [0.1, 0.15) is 4.90 Å². The number of pyridine rings is 1. The van der Waals surface area contributed by atoms with E-state index in [1.807, 2.05) is 0 Å². The molecule has 2 rings (SSSR count). The van der Waals surface area contributed by atoms with Crippen LogP contribution in [0.2, 0.25) is 0 Å². The summed E-state index contributed by atoms with van der Waals surface area (Å²) in [5, 5.41) is 0. The van der Waals surface area contributed by atoms with Gasteiger partial charge < -0.3 is 0 Å². The van der Waals surface area contributed by atoms with E-state index in [0.717, 1.165) is 6.54 Å². The minimum atomic E-state index is -3.44. The van der Waals surface area contributed by atoms with Gasteiger partial charge in [0.05, 0.1) is 0 Å². The van der Waals surface area contributed by atoms with Crippen molar-refractivity contribution >= 4 is 37.6 Å². The van der Waals surface area contributed by atoms with Crippen LogP contribution in [0, 0.1) is 0 Å². The fourth-order valence-electron chi connectivity index (χ4n) is 2.00. The molecule has 0 unspecified atom stereocenters. The third kappa shape index (κ3) is 3.66. The van der Waals surface area contributed by atoms with Crippen molar-refractivity contribution in [2.75, 3.05) is 38.6 Å². The maximum atomic E-state index is 12.4. The molecule has 5 nitrogen and oxygen atoms in total. The van der Waals surface area contributed by atoms with E-state index >= 15 is 0 Å². The topological polar surface area (TPSA) is 53.5 Å². The second kappa shape index (κ2) is 6.49. The Kier molecular flexibility index (Phi) is 5.19. The van der Waals surface area contributed by atoms with Gasteiger partial charge in [0.2, 0.25) is 10.0 Å². The van der Waals surface area contributed by atoms with E-state index in [4.69, 9.17) is 11.6 Å². The number of hydrogen-bond acceptors (Lipinski definition) is 4. The molecule has 1 aromatic heterocycles. The Morgan fingerprint density at radius 3 is 2.53 bits per heavy atom. The van der Waals surface area contributed by atoms with Gasteiger partial charge in [0, 0.05) is 55.5 Å². The summed E-state index contributed by atoms with van der Waals surface area (Å²) < 4.78 is 27.0. The first-order valence-corrected chi connectivity index (χ1v) is 8.70. The van der Waals surface area contributed by atoms with Crippen molar-refractivity contribution in [2.24, 2.45) is 0 Å². The molecule has 0 radical (unpaired) electrons. The lowest BCUT2D eigenvalue weighted by molar-refractivity contribution is 0.197. The Morgan fingerprint density at radius 2 is 1.95 bits per heavy atom. The molecule has 0 spiro atoms.